The summed E-state index contributed by atoms with van der Waals surface area (Å²) in [5.41, 5.74) is -1.28. The molecule has 4 amide bonds. The first kappa shape index (κ1) is 70.1. The number of urea groups is 1. The maximum absolute atomic E-state index is 14.9. The van der Waals surface area contributed by atoms with E-state index in [9.17, 15) is 40.7 Å². The largest absolute Gasteiger partial charge is 0.438 e. The van der Waals surface area contributed by atoms with Gasteiger partial charge in [0, 0.05) is 36.0 Å². The van der Waals surface area contributed by atoms with E-state index in [-0.39, 0.29) is 37.6 Å². The molecule has 3 heterocycles. The van der Waals surface area contributed by atoms with Gasteiger partial charge in [0.15, 0.2) is 25.0 Å². The quantitative estimate of drug-likeness (QED) is 0.0175. The fourth-order valence-electron chi connectivity index (χ4n) is 12.2. The number of amides is 4. The molecule has 8 unspecified atom stereocenters. The van der Waals surface area contributed by atoms with E-state index in [0.717, 1.165) is 91.7 Å². The first-order valence-electron chi connectivity index (χ1n) is 31.6. The highest BCUT2D eigenvalue weighted by atomic mass is 28.4. The summed E-state index contributed by atoms with van der Waals surface area (Å²) in [5.74, 6) is -0.430. The minimum atomic E-state index is -4.79. The third-order valence-corrected chi connectivity index (χ3v) is 21.8. The van der Waals surface area contributed by atoms with Crippen molar-refractivity contribution in [1.82, 2.24) is 10.6 Å². The van der Waals surface area contributed by atoms with Crippen LogP contribution in [0.25, 0.3) is 0 Å². The molecule has 16 nitrogen and oxygen atoms in total. The van der Waals surface area contributed by atoms with Gasteiger partial charge in [0.05, 0.1) is 43.0 Å². The second-order valence-corrected chi connectivity index (χ2v) is 28.7. The molecule has 6 aromatic carbocycles. The van der Waals surface area contributed by atoms with Gasteiger partial charge in [-0.15, -0.1) is 0 Å². The van der Waals surface area contributed by atoms with E-state index in [2.05, 4.69) is 28.2 Å². The zero-order valence-electron chi connectivity index (χ0n) is 52.7. The van der Waals surface area contributed by atoms with Crippen LogP contribution >= 0.6 is 0 Å². The van der Waals surface area contributed by atoms with E-state index in [0.29, 0.717) is 17.5 Å². The number of unbranched alkanes of at least 4 members (excludes halogenated alkanes) is 7. The fourth-order valence-corrected chi connectivity index (χ4v) is 16.9. The minimum absolute atomic E-state index is 0.0569. The summed E-state index contributed by atoms with van der Waals surface area (Å²) >= 11 is 0. The Balaban J connectivity index is 1.18. The zero-order valence-corrected chi connectivity index (χ0v) is 53.7. The van der Waals surface area contributed by atoms with Crippen LogP contribution in [0.5, 0.6) is 0 Å². The lowest BCUT2D eigenvalue weighted by Crippen LogP contribution is -2.74. The Labute approximate surface area is 539 Å². The summed E-state index contributed by atoms with van der Waals surface area (Å²) in [7, 11) is -2.36. The van der Waals surface area contributed by atoms with E-state index >= 15 is 0 Å². The van der Waals surface area contributed by atoms with Gasteiger partial charge in [-0.05, 0) is 58.2 Å². The molecular weight excluding hydrogens is 1230 g/mol. The van der Waals surface area contributed by atoms with E-state index in [1.807, 2.05) is 130 Å². The molecule has 4 N–H and O–H groups in total. The van der Waals surface area contributed by atoms with Crippen LogP contribution in [0.4, 0.5) is 47.3 Å². The number of rotatable bonds is 26. The Morgan fingerprint density at radius 2 is 1.17 bits per heavy atom. The third kappa shape index (κ3) is 18.4. The molecule has 3 aliphatic heterocycles. The van der Waals surface area contributed by atoms with Crippen LogP contribution in [0.15, 0.2) is 170 Å². The van der Waals surface area contributed by atoms with Gasteiger partial charge in [-0.3, -0.25) is 10.1 Å². The van der Waals surface area contributed by atoms with Gasteiger partial charge in [0.25, 0.3) is 8.32 Å². The summed E-state index contributed by atoms with van der Waals surface area (Å²) in [6.45, 7) is 7.44. The van der Waals surface area contributed by atoms with Gasteiger partial charge in [-0.1, -0.05) is 206 Å². The molecule has 11 atom stereocenters. The number of anilines is 2. The van der Waals surface area contributed by atoms with Crippen LogP contribution < -0.4 is 31.6 Å². The molecule has 3 saturated heterocycles. The first-order valence-corrected chi connectivity index (χ1v) is 33.5. The van der Waals surface area contributed by atoms with Gasteiger partial charge >= 0.3 is 24.5 Å². The van der Waals surface area contributed by atoms with Crippen molar-refractivity contribution < 1.29 is 83.0 Å². The predicted octanol–water partition coefficient (Wildman–Crippen LogP) is 13.8. The number of ether oxygens (including phenoxy) is 8. The molecule has 93 heavy (non-hydrogen) atoms. The number of carbonyl (C=O) groups excluding carboxylic acids is 3. The van der Waals surface area contributed by atoms with Crippen molar-refractivity contribution >= 4 is 48.1 Å². The van der Waals surface area contributed by atoms with Crippen molar-refractivity contribution in [1.29, 1.82) is 0 Å². The van der Waals surface area contributed by atoms with E-state index in [1.165, 1.54) is 19.2 Å². The highest BCUT2D eigenvalue weighted by Gasteiger charge is 2.60. The number of carbonyl (C=O) groups is 3. The molecule has 0 spiro atoms. The van der Waals surface area contributed by atoms with Crippen molar-refractivity contribution in [2.24, 2.45) is 0 Å². The molecule has 500 valence electrons. The molecule has 0 bridgehead atoms. The van der Waals surface area contributed by atoms with E-state index in [4.69, 9.17) is 42.3 Å². The second kappa shape index (κ2) is 32.3. The van der Waals surface area contributed by atoms with Crippen LogP contribution in [0.3, 0.4) is 0 Å². The normalized spacial score (nSPS) is 23.0. The Morgan fingerprint density at radius 3 is 1.74 bits per heavy atom. The predicted molar refractivity (Wildman–Crippen MR) is 340 cm³/mol. The lowest BCUT2D eigenvalue weighted by atomic mass is 9.93. The number of methoxy groups -OCH3 is 1. The molecule has 0 radical (unpaired) electrons. The van der Waals surface area contributed by atoms with Crippen LogP contribution in [0, 0.1) is 0 Å². The van der Waals surface area contributed by atoms with E-state index < -0.39 is 122 Å². The number of alkyl halides is 6. The summed E-state index contributed by atoms with van der Waals surface area (Å²) in [6, 6.07) is 41.7. The Hall–Kier alpha value is -7.19. The summed E-state index contributed by atoms with van der Waals surface area (Å²) < 4.78 is 146. The molecule has 23 heteroatoms. The minimum Gasteiger partial charge on any atom is -0.438 e. The first-order chi connectivity index (χ1) is 44.6. The number of halogens is 6. The maximum Gasteiger partial charge on any atom is 0.416 e. The standard InChI is InChI=1S/C70H82F6N4O12Si/c1-6-7-8-9-10-11-12-25-40-57(81)80-58-55(44-86-63(84-5)46-28-17-13-18-29-46)85-43-54(79-66(82)77-50-34-26-32-48(41-50)69(71,72)73)59(58)89-65-62(91-67(83)78-51-35-27-33-49(42-51)70(74,75)76)61(60-56(88-65)45-87-64(90-60)47-30-19-14-20-31-47)92-93(68(2,3)4,52-36-21-15-22-37-52)53-38-23-16-24-39-53/h13-24,26-39,41-42,54-56,58-65H,6-12,25,40,43-45H2,1-5H3,(H,78,83)(H,80,81)(H2,77,79,82)/t54?,55?,56?,58-,59?,60-,61?,62?,63?,64?,65+/m0/s1. The summed E-state index contributed by atoms with van der Waals surface area (Å²) in [6.07, 6.45) is -15.0. The second-order valence-electron chi connectivity index (χ2n) is 24.4. The summed E-state index contributed by atoms with van der Waals surface area (Å²) in [4.78, 5) is 44.0. The molecule has 0 aromatic heterocycles. The number of hydrogen-bond donors (Lipinski definition) is 4. The van der Waals surface area contributed by atoms with Crippen LogP contribution in [-0.4, -0.2) is 108 Å². The average molecular weight is 1310 g/mol. The molecule has 0 aliphatic carbocycles. The lowest BCUT2D eigenvalue weighted by Gasteiger charge is -2.54. The van der Waals surface area contributed by atoms with Gasteiger partial charge in [-0.25, -0.2) is 9.59 Å². The number of hydrogen-bond acceptors (Lipinski definition) is 12. The lowest BCUT2D eigenvalue weighted by molar-refractivity contribution is -0.367. The van der Waals surface area contributed by atoms with Crippen molar-refractivity contribution in [2.75, 3.05) is 37.6 Å². The van der Waals surface area contributed by atoms with Crippen molar-refractivity contribution in [3.8, 4) is 0 Å². The van der Waals surface area contributed by atoms with Gasteiger partial charge in [-0.2, -0.15) is 26.3 Å². The van der Waals surface area contributed by atoms with Crippen LogP contribution in [0.1, 0.15) is 120 Å². The SMILES string of the molecule is CCCCCCCCCCC(=O)N[C@H]1C(COC(OC)c2ccccc2)OCC(NC(=O)Nc2cccc(C(F)(F)F)c2)C1O[C@H]1OC2COC(c3ccccc3)O[C@@H]2C(O[Si](c2ccccc2)(c2ccccc2)C(C)(C)C)C1OC(=O)Nc1cccc(C(F)(F)F)c1. The Bertz CT molecular complexity index is 3280. The van der Waals surface area contributed by atoms with Crippen molar-refractivity contribution in [2.45, 2.75) is 170 Å². The maximum atomic E-state index is 14.9. The highest BCUT2D eigenvalue weighted by Crippen LogP contribution is 2.44. The van der Waals surface area contributed by atoms with Crippen LogP contribution in [0.2, 0.25) is 5.04 Å². The number of nitrogens with one attached hydrogen (secondary N) is 4. The van der Waals surface area contributed by atoms with Crippen molar-refractivity contribution in [3.63, 3.8) is 0 Å². The smallest absolute Gasteiger partial charge is 0.416 e. The molecule has 9 rings (SSSR count). The van der Waals surface area contributed by atoms with Gasteiger partial charge in [0.2, 0.25) is 5.91 Å². The molecule has 3 fully saturated rings. The monoisotopic (exact) mass is 1310 g/mol. The molecular formula is C70H82F6N4O12Si. The van der Waals surface area contributed by atoms with Gasteiger partial charge in [0.1, 0.15) is 30.5 Å². The zero-order chi connectivity index (χ0) is 66.2. The van der Waals surface area contributed by atoms with Gasteiger partial charge < -0.3 is 58.3 Å². The Morgan fingerprint density at radius 1 is 0.613 bits per heavy atom. The number of benzene rings is 6. The summed E-state index contributed by atoms with van der Waals surface area (Å²) in [5, 5.41) is 11.8. The highest BCUT2D eigenvalue weighted by molar-refractivity contribution is 6.99. The number of fused-ring (bicyclic) bond motifs is 1. The van der Waals surface area contributed by atoms with Crippen molar-refractivity contribution in [3.05, 3.63) is 192 Å². The van der Waals surface area contributed by atoms with E-state index in [1.54, 1.807) is 12.1 Å². The molecule has 0 saturated carbocycles. The average Bonchev–Trinajstić information content (AvgIpc) is 0.731. The topological polar surface area (TPSA) is 182 Å². The molecule has 3 aliphatic rings. The Kier molecular flexibility index (Phi) is 24.4. The molecule has 6 aromatic rings. The van der Waals surface area contributed by atoms with Crippen LogP contribution in [-0.2, 0) is 59.5 Å². The third-order valence-electron chi connectivity index (χ3n) is 16.7. The fraction of sp³-hybridized carbons (Fsp3) is 0.443.